The van der Waals surface area contributed by atoms with E-state index in [1.54, 1.807) is 12.1 Å². The zero-order valence-electron chi connectivity index (χ0n) is 11.6. The van der Waals surface area contributed by atoms with E-state index in [-0.39, 0.29) is 11.4 Å². The fraction of sp³-hybridized carbons (Fsp3) is 0.600. The van der Waals surface area contributed by atoms with Gasteiger partial charge in [-0.15, -0.1) is 0 Å². The number of hydrogen-bond acceptors (Lipinski definition) is 3. The van der Waals surface area contributed by atoms with Crippen LogP contribution in [-0.2, 0) is 6.42 Å². The van der Waals surface area contributed by atoms with Crippen LogP contribution in [0.5, 0.6) is 0 Å². The lowest BCUT2D eigenvalue weighted by Crippen LogP contribution is -2.54. The van der Waals surface area contributed by atoms with Crippen LogP contribution < -0.4 is 5.73 Å². The van der Waals surface area contributed by atoms with Gasteiger partial charge < -0.3 is 5.73 Å². The van der Waals surface area contributed by atoms with E-state index in [1.165, 1.54) is 24.0 Å². The van der Waals surface area contributed by atoms with Crippen molar-refractivity contribution in [3.8, 4) is 0 Å². The zero-order chi connectivity index (χ0) is 13.7. The second-order valence-corrected chi connectivity index (χ2v) is 6.69. The molecule has 1 heterocycles. The molecule has 1 aromatic carbocycles. The van der Waals surface area contributed by atoms with E-state index in [1.807, 2.05) is 17.8 Å². The highest BCUT2D eigenvalue weighted by atomic mass is 32.2. The van der Waals surface area contributed by atoms with Gasteiger partial charge in [-0.05, 0) is 49.8 Å². The van der Waals surface area contributed by atoms with Crippen molar-refractivity contribution in [2.45, 2.75) is 25.3 Å². The van der Waals surface area contributed by atoms with Crippen molar-refractivity contribution in [3.05, 3.63) is 35.6 Å². The minimum atomic E-state index is -0.164. The molecule has 4 heteroatoms. The molecule has 0 radical (unpaired) electrons. The topological polar surface area (TPSA) is 29.3 Å². The van der Waals surface area contributed by atoms with Crippen molar-refractivity contribution in [2.75, 3.05) is 31.1 Å². The number of thioether (sulfide) groups is 1. The van der Waals surface area contributed by atoms with Gasteiger partial charge in [0.15, 0.2) is 0 Å². The second-order valence-electron chi connectivity index (χ2n) is 5.46. The number of benzene rings is 1. The predicted molar refractivity (Wildman–Crippen MR) is 81.1 cm³/mol. The average Bonchev–Trinajstić information content (AvgIpc) is 2.68. The number of nitrogens with two attached hydrogens (primary N) is 1. The van der Waals surface area contributed by atoms with Gasteiger partial charge in [0.2, 0.25) is 0 Å². The summed E-state index contributed by atoms with van der Waals surface area (Å²) in [6.07, 6.45) is 2.02. The van der Waals surface area contributed by atoms with Crippen molar-refractivity contribution in [1.82, 2.24) is 4.90 Å². The SMILES string of the molecule is CC(CN)(Cc1cccc(F)c1)N1CCCSCC1. The average molecular weight is 282 g/mol. The summed E-state index contributed by atoms with van der Waals surface area (Å²) in [5, 5.41) is 0. The van der Waals surface area contributed by atoms with Crippen LogP contribution in [0, 0.1) is 5.82 Å². The molecule has 0 aliphatic carbocycles. The summed E-state index contributed by atoms with van der Waals surface area (Å²) in [6, 6.07) is 6.88. The van der Waals surface area contributed by atoms with E-state index in [2.05, 4.69) is 11.8 Å². The highest BCUT2D eigenvalue weighted by Crippen LogP contribution is 2.23. The van der Waals surface area contributed by atoms with E-state index in [9.17, 15) is 4.39 Å². The Morgan fingerprint density at radius 2 is 2.21 bits per heavy atom. The summed E-state index contributed by atoms with van der Waals surface area (Å²) >= 11 is 2.01. The molecule has 1 aliphatic heterocycles. The highest BCUT2D eigenvalue weighted by Gasteiger charge is 2.31. The molecule has 106 valence electrons. The fourth-order valence-electron chi connectivity index (χ4n) is 2.69. The van der Waals surface area contributed by atoms with Gasteiger partial charge in [0.1, 0.15) is 5.82 Å². The van der Waals surface area contributed by atoms with E-state index in [0.29, 0.717) is 6.54 Å². The van der Waals surface area contributed by atoms with Crippen LogP contribution in [0.1, 0.15) is 18.9 Å². The van der Waals surface area contributed by atoms with Gasteiger partial charge in [-0.3, -0.25) is 4.90 Å². The first kappa shape index (κ1) is 14.8. The Balaban J connectivity index is 2.12. The van der Waals surface area contributed by atoms with Crippen LogP contribution in [-0.4, -0.2) is 41.6 Å². The van der Waals surface area contributed by atoms with Gasteiger partial charge in [0.05, 0.1) is 0 Å². The van der Waals surface area contributed by atoms with Crippen LogP contribution in [0.3, 0.4) is 0 Å². The summed E-state index contributed by atoms with van der Waals surface area (Å²) in [4.78, 5) is 2.48. The molecule has 0 bridgehead atoms. The molecule has 2 nitrogen and oxygen atoms in total. The van der Waals surface area contributed by atoms with Gasteiger partial charge in [0, 0.05) is 24.4 Å². The second kappa shape index (κ2) is 6.73. The molecule has 1 atom stereocenters. The molecule has 19 heavy (non-hydrogen) atoms. The Kier molecular flexibility index (Phi) is 5.25. The summed E-state index contributed by atoms with van der Waals surface area (Å²) in [5.74, 6) is 2.24. The number of halogens is 1. The molecule has 2 N–H and O–H groups in total. The van der Waals surface area contributed by atoms with Crippen LogP contribution in [0.25, 0.3) is 0 Å². The summed E-state index contributed by atoms with van der Waals surface area (Å²) < 4.78 is 13.3. The van der Waals surface area contributed by atoms with Gasteiger partial charge in [-0.25, -0.2) is 4.39 Å². The molecule has 1 unspecified atom stereocenters. The Bertz CT molecular complexity index is 405. The van der Waals surface area contributed by atoms with E-state index in [0.717, 1.165) is 25.1 Å². The molecule has 2 rings (SSSR count). The van der Waals surface area contributed by atoms with Crippen molar-refractivity contribution < 1.29 is 4.39 Å². The minimum absolute atomic E-state index is 0.0707. The normalized spacial score (nSPS) is 20.8. The third-order valence-electron chi connectivity index (χ3n) is 3.90. The number of rotatable bonds is 4. The molecule has 0 aromatic heterocycles. The molecule has 1 aromatic rings. The first-order chi connectivity index (χ1) is 9.14. The lowest BCUT2D eigenvalue weighted by molar-refractivity contribution is 0.120. The maximum absolute atomic E-state index is 13.3. The van der Waals surface area contributed by atoms with Crippen LogP contribution >= 0.6 is 11.8 Å². The Hall–Kier alpha value is -0.580. The largest absolute Gasteiger partial charge is 0.329 e. The van der Waals surface area contributed by atoms with Gasteiger partial charge in [-0.1, -0.05) is 12.1 Å². The van der Waals surface area contributed by atoms with Gasteiger partial charge in [0.25, 0.3) is 0 Å². The Morgan fingerprint density at radius 1 is 1.37 bits per heavy atom. The molecular formula is C15H23FN2S. The molecule has 0 saturated carbocycles. The van der Waals surface area contributed by atoms with Crippen LogP contribution in [0.15, 0.2) is 24.3 Å². The molecule has 0 spiro atoms. The highest BCUT2D eigenvalue weighted by molar-refractivity contribution is 7.99. The van der Waals surface area contributed by atoms with Crippen LogP contribution in [0.4, 0.5) is 4.39 Å². The number of nitrogens with zero attached hydrogens (tertiary/aromatic N) is 1. The zero-order valence-corrected chi connectivity index (χ0v) is 12.4. The summed E-state index contributed by atoms with van der Waals surface area (Å²) in [7, 11) is 0. The molecular weight excluding hydrogens is 259 g/mol. The first-order valence-corrected chi connectivity index (χ1v) is 8.07. The third-order valence-corrected chi connectivity index (χ3v) is 4.95. The minimum Gasteiger partial charge on any atom is -0.329 e. The van der Waals surface area contributed by atoms with Crippen molar-refractivity contribution in [3.63, 3.8) is 0 Å². The monoisotopic (exact) mass is 282 g/mol. The van der Waals surface area contributed by atoms with Crippen molar-refractivity contribution >= 4 is 11.8 Å². The standard InChI is InChI=1S/C15H23FN2S/c1-15(12-17,18-6-3-8-19-9-7-18)11-13-4-2-5-14(16)10-13/h2,4-5,10H,3,6-9,11-12,17H2,1H3. The van der Waals surface area contributed by atoms with Crippen molar-refractivity contribution in [1.29, 1.82) is 0 Å². The first-order valence-electron chi connectivity index (χ1n) is 6.91. The summed E-state index contributed by atoms with van der Waals surface area (Å²) in [6.45, 7) is 4.98. The lowest BCUT2D eigenvalue weighted by Gasteiger charge is -2.40. The van der Waals surface area contributed by atoms with Gasteiger partial charge >= 0.3 is 0 Å². The van der Waals surface area contributed by atoms with E-state index in [4.69, 9.17) is 5.73 Å². The Labute approximate surface area is 119 Å². The molecule has 1 fully saturated rings. The van der Waals surface area contributed by atoms with E-state index < -0.39 is 0 Å². The molecule has 0 amide bonds. The predicted octanol–water partition coefficient (Wildman–Crippen LogP) is 2.52. The third kappa shape index (κ3) is 3.94. The molecule has 1 saturated heterocycles. The van der Waals surface area contributed by atoms with Gasteiger partial charge in [-0.2, -0.15) is 11.8 Å². The molecule has 1 aliphatic rings. The lowest BCUT2D eigenvalue weighted by atomic mass is 9.90. The fourth-order valence-corrected chi connectivity index (χ4v) is 3.57. The number of hydrogen-bond donors (Lipinski definition) is 1. The Morgan fingerprint density at radius 3 is 2.95 bits per heavy atom. The smallest absolute Gasteiger partial charge is 0.123 e. The van der Waals surface area contributed by atoms with Crippen LogP contribution in [0.2, 0.25) is 0 Å². The van der Waals surface area contributed by atoms with Crippen molar-refractivity contribution in [2.24, 2.45) is 5.73 Å². The quantitative estimate of drug-likeness (QED) is 0.920. The maximum atomic E-state index is 13.3. The van der Waals surface area contributed by atoms with E-state index >= 15 is 0 Å². The summed E-state index contributed by atoms with van der Waals surface area (Å²) in [5.41, 5.74) is 6.99. The maximum Gasteiger partial charge on any atom is 0.123 e.